The van der Waals surface area contributed by atoms with Crippen molar-refractivity contribution in [1.29, 1.82) is 0 Å². The number of carbonyl (C=O) groups is 1. The van der Waals surface area contributed by atoms with E-state index in [0.717, 1.165) is 25.0 Å². The van der Waals surface area contributed by atoms with Crippen LogP contribution in [-0.2, 0) is 11.8 Å². The van der Waals surface area contributed by atoms with Gasteiger partial charge in [0.15, 0.2) is 5.69 Å². The lowest BCUT2D eigenvalue weighted by Gasteiger charge is -2.32. The molecule has 2 aromatic heterocycles. The number of carbonyl (C=O) groups excluding carboxylic acids is 1. The van der Waals surface area contributed by atoms with Crippen LogP contribution < -0.4 is 10.6 Å². The van der Waals surface area contributed by atoms with Gasteiger partial charge in [-0.05, 0) is 31.9 Å². The third kappa shape index (κ3) is 3.70. The van der Waals surface area contributed by atoms with Gasteiger partial charge < -0.3 is 15.4 Å². The second kappa shape index (κ2) is 7.39. The van der Waals surface area contributed by atoms with Crippen molar-refractivity contribution < 1.29 is 9.53 Å². The molecule has 0 saturated carbocycles. The first kappa shape index (κ1) is 16.4. The van der Waals surface area contributed by atoms with Gasteiger partial charge in [0.25, 0.3) is 5.91 Å². The minimum atomic E-state index is -0.217. The summed E-state index contributed by atoms with van der Waals surface area (Å²) in [7, 11) is 1.89. The highest BCUT2D eigenvalue weighted by Gasteiger charge is 2.28. The minimum Gasteiger partial charge on any atom is -0.371 e. The number of ether oxygens (including phenoxy) is 1. The average Bonchev–Trinajstić information content (AvgIpc) is 3.02. The molecule has 8 heteroatoms. The molecule has 0 unspecified atom stereocenters. The summed E-state index contributed by atoms with van der Waals surface area (Å²) in [6.45, 7) is 3.16. The van der Waals surface area contributed by atoms with E-state index in [0.29, 0.717) is 18.1 Å². The predicted molar refractivity (Wildman–Crippen MR) is 88.6 cm³/mol. The summed E-state index contributed by atoms with van der Waals surface area (Å²) in [5.41, 5.74) is 1.35. The number of nitrogens with zero attached hydrogens (tertiary/aromatic N) is 4. The van der Waals surface area contributed by atoms with E-state index in [1.807, 2.05) is 26.4 Å². The Balaban J connectivity index is 1.70. The second-order valence-corrected chi connectivity index (χ2v) is 5.80. The number of hydrogen-bond acceptors (Lipinski definition) is 6. The van der Waals surface area contributed by atoms with Gasteiger partial charge in [-0.25, -0.2) is 0 Å². The molecule has 0 aliphatic carbocycles. The molecule has 1 fully saturated rings. The van der Waals surface area contributed by atoms with Gasteiger partial charge in [-0.15, -0.1) is 10.2 Å². The number of aryl methyl sites for hydroxylation is 1. The van der Waals surface area contributed by atoms with Crippen LogP contribution in [0.25, 0.3) is 0 Å². The molecule has 1 amide bonds. The van der Waals surface area contributed by atoms with Crippen LogP contribution in [0, 0.1) is 0 Å². The molecule has 1 aliphatic rings. The SMILES string of the molecule is CCNC(=O)c1ccc(N[C@H]2CCCO[C@@H]2c2cnn(C)c2)nn1. The lowest BCUT2D eigenvalue weighted by atomic mass is 9.98. The molecule has 0 aromatic carbocycles. The van der Waals surface area contributed by atoms with Crippen molar-refractivity contribution in [3.05, 3.63) is 35.8 Å². The van der Waals surface area contributed by atoms with Crippen LogP contribution in [0.4, 0.5) is 5.82 Å². The number of hydrogen-bond donors (Lipinski definition) is 2. The Morgan fingerprint density at radius 1 is 1.42 bits per heavy atom. The summed E-state index contributed by atoms with van der Waals surface area (Å²) < 4.78 is 7.70. The summed E-state index contributed by atoms with van der Waals surface area (Å²) in [6.07, 6.45) is 5.68. The summed E-state index contributed by atoms with van der Waals surface area (Å²) in [5.74, 6) is 0.415. The van der Waals surface area contributed by atoms with Gasteiger partial charge >= 0.3 is 0 Å². The zero-order chi connectivity index (χ0) is 16.9. The van der Waals surface area contributed by atoms with Crippen molar-refractivity contribution in [2.75, 3.05) is 18.5 Å². The first-order valence-corrected chi connectivity index (χ1v) is 8.16. The molecular weight excluding hydrogens is 308 g/mol. The fraction of sp³-hybridized carbons (Fsp3) is 0.500. The van der Waals surface area contributed by atoms with Gasteiger partial charge in [0.1, 0.15) is 11.9 Å². The quantitative estimate of drug-likeness (QED) is 0.858. The van der Waals surface area contributed by atoms with Crippen molar-refractivity contribution in [2.45, 2.75) is 31.9 Å². The molecule has 3 rings (SSSR count). The van der Waals surface area contributed by atoms with Gasteiger partial charge in [0.2, 0.25) is 0 Å². The van der Waals surface area contributed by atoms with Crippen LogP contribution in [0.1, 0.15) is 41.9 Å². The molecule has 0 spiro atoms. The summed E-state index contributed by atoms with van der Waals surface area (Å²) in [4.78, 5) is 11.7. The normalized spacial score (nSPS) is 20.6. The fourth-order valence-electron chi connectivity index (χ4n) is 2.82. The van der Waals surface area contributed by atoms with Gasteiger partial charge in [-0.2, -0.15) is 5.10 Å². The van der Waals surface area contributed by atoms with E-state index in [1.165, 1.54) is 0 Å². The lowest BCUT2D eigenvalue weighted by molar-refractivity contribution is 0.00550. The van der Waals surface area contributed by atoms with Crippen molar-refractivity contribution in [2.24, 2.45) is 7.05 Å². The van der Waals surface area contributed by atoms with Crippen molar-refractivity contribution in [1.82, 2.24) is 25.3 Å². The molecule has 0 bridgehead atoms. The largest absolute Gasteiger partial charge is 0.371 e. The van der Waals surface area contributed by atoms with Gasteiger partial charge in [0, 0.05) is 32.0 Å². The Labute approximate surface area is 140 Å². The number of nitrogens with one attached hydrogen (secondary N) is 2. The fourth-order valence-corrected chi connectivity index (χ4v) is 2.82. The molecule has 1 saturated heterocycles. The Hall–Kier alpha value is -2.48. The maximum atomic E-state index is 11.7. The van der Waals surface area contributed by atoms with Crippen molar-refractivity contribution in [3.8, 4) is 0 Å². The van der Waals surface area contributed by atoms with E-state index in [1.54, 1.807) is 16.8 Å². The first-order chi connectivity index (χ1) is 11.7. The molecular formula is C16H22N6O2. The van der Waals surface area contributed by atoms with E-state index in [2.05, 4.69) is 25.9 Å². The standard InChI is InChI=1S/C16H22N6O2/c1-3-17-16(23)13-6-7-14(21-20-13)19-12-5-4-8-24-15(12)11-9-18-22(2)10-11/h6-7,9-10,12,15H,3-5,8H2,1-2H3,(H,17,23)(H,19,21)/t12-,15+/m0/s1. The monoisotopic (exact) mass is 330 g/mol. The molecule has 2 N–H and O–H groups in total. The van der Waals surface area contributed by atoms with Gasteiger partial charge in [0.05, 0.1) is 12.2 Å². The number of rotatable bonds is 5. The zero-order valence-corrected chi connectivity index (χ0v) is 13.9. The highest BCUT2D eigenvalue weighted by atomic mass is 16.5. The Morgan fingerprint density at radius 3 is 2.96 bits per heavy atom. The van der Waals surface area contributed by atoms with Crippen LogP contribution in [-0.4, -0.2) is 45.1 Å². The van der Waals surface area contributed by atoms with E-state index >= 15 is 0 Å². The van der Waals surface area contributed by atoms with E-state index in [4.69, 9.17) is 4.74 Å². The van der Waals surface area contributed by atoms with Crippen LogP contribution in [0.15, 0.2) is 24.5 Å². The number of amides is 1. The zero-order valence-electron chi connectivity index (χ0n) is 13.9. The molecule has 128 valence electrons. The molecule has 2 atom stereocenters. The third-order valence-electron chi connectivity index (χ3n) is 3.94. The van der Waals surface area contributed by atoms with Crippen LogP contribution in [0.3, 0.4) is 0 Å². The topological polar surface area (TPSA) is 94.0 Å². The van der Waals surface area contributed by atoms with Gasteiger partial charge in [-0.3, -0.25) is 9.48 Å². The maximum Gasteiger partial charge on any atom is 0.271 e. The molecule has 3 heterocycles. The maximum absolute atomic E-state index is 11.7. The van der Waals surface area contributed by atoms with Crippen LogP contribution >= 0.6 is 0 Å². The van der Waals surface area contributed by atoms with E-state index in [9.17, 15) is 4.79 Å². The van der Waals surface area contributed by atoms with Crippen molar-refractivity contribution in [3.63, 3.8) is 0 Å². The highest BCUT2D eigenvalue weighted by molar-refractivity contribution is 5.92. The molecule has 24 heavy (non-hydrogen) atoms. The summed E-state index contributed by atoms with van der Waals surface area (Å²) in [6, 6.07) is 3.53. The molecule has 0 radical (unpaired) electrons. The van der Waals surface area contributed by atoms with Crippen LogP contribution in [0.2, 0.25) is 0 Å². The summed E-state index contributed by atoms with van der Waals surface area (Å²) in [5, 5.41) is 18.4. The third-order valence-corrected chi connectivity index (χ3v) is 3.94. The summed E-state index contributed by atoms with van der Waals surface area (Å²) >= 11 is 0. The Kier molecular flexibility index (Phi) is 5.05. The number of anilines is 1. The molecule has 2 aromatic rings. The molecule has 1 aliphatic heterocycles. The Bertz CT molecular complexity index is 684. The van der Waals surface area contributed by atoms with Gasteiger partial charge in [-0.1, -0.05) is 0 Å². The average molecular weight is 330 g/mol. The molecule has 8 nitrogen and oxygen atoms in total. The lowest BCUT2D eigenvalue weighted by Crippen LogP contribution is -2.34. The highest BCUT2D eigenvalue weighted by Crippen LogP contribution is 2.30. The predicted octanol–water partition coefficient (Wildman–Crippen LogP) is 1.29. The Morgan fingerprint density at radius 2 is 2.29 bits per heavy atom. The van der Waals surface area contributed by atoms with Crippen LogP contribution in [0.5, 0.6) is 0 Å². The van der Waals surface area contributed by atoms with E-state index in [-0.39, 0.29) is 18.1 Å². The number of aromatic nitrogens is 4. The smallest absolute Gasteiger partial charge is 0.271 e. The first-order valence-electron chi connectivity index (χ1n) is 8.16. The van der Waals surface area contributed by atoms with E-state index < -0.39 is 0 Å². The van der Waals surface area contributed by atoms with Crippen molar-refractivity contribution >= 4 is 11.7 Å². The minimum absolute atomic E-state index is 0.0719. The second-order valence-electron chi connectivity index (χ2n) is 5.80.